The van der Waals surface area contributed by atoms with E-state index in [0.717, 1.165) is 11.4 Å². The second-order valence-electron chi connectivity index (χ2n) is 3.52. The third-order valence-corrected chi connectivity index (χ3v) is 2.79. The quantitative estimate of drug-likeness (QED) is 0.631. The highest BCUT2D eigenvalue weighted by Crippen LogP contribution is 2.28. The number of rotatable bonds is 0. The molecule has 0 bridgehead atoms. The molecule has 0 saturated carbocycles. The predicted octanol–water partition coefficient (Wildman–Crippen LogP) is 2.99. The van der Waals surface area contributed by atoms with Crippen LogP contribution in [0.25, 0.3) is 11.1 Å². The smallest absolute Gasteiger partial charge is 0.107 e. The van der Waals surface area contributed by atoms with E-state index >= 15 is 0 Å². The Hall–Kier alpha value is -0.960. The van der Waals surface area contributed by atoms with Gasteiger partial charge in [0.2, 0.25) is 0 Å². The molecule has 0 fully saturated rings. The molecule has 0 N–H and O–H groups in total. The normalized spacial score (nSPS) is 17.5. The van der Waals surface area contributed by atoms with Gasteiger partial charge in [0, 0.05) is 0 Å². The summed E-state index contributed by atoms with van der Waals surface area (Å²) in [6.07, 6.45) is 4.47. The highest BCUT2D eigenvalue weighted by molar-refractivity contribution is 6.99. The topological polar surface area (TPSA) is 25.8 Å². The van der Waals surface area contributed by atoms with E-state index in [0.29, 0.717) is 5.92 Å². The van der Waals surface area contributed by atoms with Crippen LogP contribution >= 0.6 is 11.7 Å². The molecule has 3 heteroatoms. The fourth-order valence-electron chi connectivity index (χ4n) is 1.70. The first-order valence-corrected chi connectivity index (χ1v) is 5.11. The van der Waals surface area contributed by atoms with Crippen molar-refractivity contribution in [3.8, 4) is 0 Å². The van der Waals surface area contributed by atoms with Crippen LogP contribution in [0.2, 0.25) is 0 Å². The number of hydrogen-bond donors (Lipinski definition) is 0. The number of allylic oxidation sites excluding steroid dienone is 4. The summed E-state index contributed by atoms with van der Waals surface area (Å²) >= 11 is 1.29. The van der Waals surface area contributed by atoms with E-state index < -0.39 is 0 Å². The van der Waals surface area contributed by atoms with E-state index in [1.165, 1.54) is 22.9 Å². The molecule has 0 aromatic carbocycles. The molecular weight excluding hydrogens is 180 g/mol. The van der Waals surface area contributed by atoms with Gasteiger partial charge in [0.05, 0.1) is 11.7 Å². The van der Waals surface area contributed by atoms with Gasteiger partial charge in [-0.05, 0) is 30.9 Å². The summed E-state index contributed by atoms with van der Waals surface area (Å²) in [4.78, 5) is 0. The molecule has 13 heavy (non-hydrogen) atoms. The molecule has 0 unspecified atom stereocenters. The van der Waals surface area contributed by atoms with Gasteiger partial charge in [-0.25, -0.2) is 0 Å². The summed E-state index contributed by atoms with van der Waals surface area (Å²) < 4.78 is 8.61. The van der Waals surface area contributed by atoms with Gasteiger partial charge >= 0.3 is 0 Å². The van der Waals surface area contributed by atoms with Crippen LogP contribution in [0.4, 0.5) is 0 Å². The Morgan fingerprint density at radius 3 is 2.00 bits per heavy atom. The minimum Gasteiger partial charge on any atom is -0.173 e. The molecule has 1 aliphatic carbocycles. The van der Waals surface area contributed by atoms with Gasteiger partial charge < -0.3 is 0 Å². The van der Waals surface area contributed by atoms with Crippen molar-refractivity contribution in [3.05, 3.63) is 23.5 Å². The molecule has 0 aliphatic heterocycles. The number of aromatic nitrogens is 2. The molecule has 0 amide bonds. The Kier molecular flexibility index (Phi) is 2.04. The minimum atomic E-state index is 0.487. The van der Waals surface area contributed by atoms with Crippen LogP contribution < -0.4 is 0 Å². The van der Waals surface area contributed by atoms with Gasteiger partial charge in [0.1, 0.15) is 11.4 Å². The molecule has 1 heterocycles. The van der Waals surface area contributed by atoms with E-state index in [-0.39, 0.29) is 0 Å². The zero-order chi connectivity index (χ0) is 9.42. The largest absolute Gasteiger partial charge is 0.173 e. The molecule has 0 atom stereocenters. The lowest BCUT2D eigenvalue weighted by atomic mass is 10.1. The number of nitrogens with zero attached hydrogens (tertiary/aromatic N) is 2. The molecule has 0 spiro atoms. The van der Waals surface area contributed by atoms with Gasteiger partial charge in [-0.15, -0.1) is 0 Å². The summed E-state index contributed by atoms with van der Waals surface area (Å²) in [5, 5.41) is 0. The fraction of sp³-hybridized carbons (Fsp3) is 0.400. The molecule has 1 aliphatic rings. The van der Waals surface area contributed by atoms with Crippen molar-refractivity contribution in [1.82, 2.24) is 8.75 Å². The number of hydrogen-bond acceptors (Lipinski definition) is 3. The van der Waals surface area contributed by atoms with Crippen molar-refractivity contribution in [2.24, 2.45) is 5.92 Å². The summed E-state index contributed by atoms with van der Waals surface area (Å²) in [5.41, 5.74) is 4.60. The Bertz CT molecular complexity index is 353. The first kappa shape index (κ1) is 8.63. The zero-order valence-electron chi connectivity index (χ0n) is 8.03. The fourth-order valence-corrected chi connectivity index (χ4v) is 2.37. The molecule has 68 valence electrons. The van der Waals surface area contributed by atoms with Gasteiger partial charge in [-0.3, -0.25) is 0 Å². The zero-order valence-corrected chi connectivity index (χ0v) is 8.85. The standard InChI is InChI=1S/C10H12N2S/c1-6-4-7(2)9-10(8(3)5-6)12-13-11-9/h4-6H,1-3H3. The SMILES string of the molecule is CC1=CC(C)C=C(C)c2nsnc21. The van der Waals surface area contributed by atoms with Crippen molar-refractivity contribution < 1.29 is 0 Å². The second kappa shape index (κ2) is 3.07. The average molecular weight is 192 g/mol. The Labute approximate surface area is 82.3 Å². The van der Waals surface area contributed by atoms with E-state index in [1.807, 2.05) is 0 Å². The van der Waals surface area contributed by atoms with Crippen LogP contribution in [-0.2, 0) is 0 Å². The average Bonchev–Trinajstić information content (AvgIpc) is 2.47. The second-order valence-corrected chi connectivity index (χ2v) is 4.05. The van der Waals surface area contributed by atoms with Crippen molar-refractivity contribution in [2.45, 2.75) is 20.8 Å². The highest BCUT2D eigenvalue weighted by atomic mass is 32.1. The highest BCUT2D eigenvalue weighted by Gasteiger charge is 2.15. The van der Waals surface area contributed by atoms with Crippen LogP contribution in [0.15, 0.2) is 12.2 Å². The molecule has 0 saturated heterocycles. The van der Waals surface area contributed by atoms with E-state index in [1.54, 1.807) is 0 Å². The number of fused-ring (bicyclic) bond motifs is 1. The molecule has 0 radical (unpaired) electrons. The Balaban J connectivity index is 2.61. The summed E-state index contributed by atoms with van der Waals surface area (Å²) in [6, 6.07) is 0. The van der Waals surface area contributed by atoms with E-state index in [4.69, 9.17) is 0 Å². The molecule has 2 nitrogen and oxygen atoms in total. The van der Waals surface area contributed by atoms with Crippen molar-refractivity contribution in [2.75, 3.05) is 0 Å². The van der Waals surface area contributed by atoms with Crippen molar-refractivity contribution in [3.63, 3.8) is 0 Å². The van der Waals surface area contributed by atoms with Crippen molar-refractivity contribution in [1.29, 1.82) is 0 Å². The third kappa shape index (κ3) is 1.44. The monoisotopic (exact) mass is 192 g/mol. The minimum absolute atomic E-state index is 0.487. The maximum Gasteiger partial charge on any atom is 0.107 e. The lowest BCUT2D eigenvalue weighted by Gasteiger charge is -1.97. The molecule has 1 aromatic heterocycles. The maximum atomic E-state index is 4.30. The van der Waals surface area contributed by atoms with Gasteiger partial charge in [0.15, 0.2) is 0 Å². The molecule has 1 aromatic rings. The summed E-state index contributed by atoms with van der Waals surface area (Å²) in [6.45, 7) is 6.38. The Morgan fingerprint density at radius 1 is 1.08 bits per heavy atom. The van der Waals surface area contributed by atoms with E-state index in [9.17, 15) is 0 Å². The first-order chi connectivity index (χ1) is 6.18. The van der Waals surface area contributed by atoms with Gasteiger partial charge in [0.25, 0.3) is 0 Å². The summed E-state index contributed by atoms with van der Waals surface area (Å²) in [7, 11) is 0. The summed E-state index contributed by atoms with van der Waals surface area (Å²) in [5.74, 6) is 0.487. The van der Waals surface area contributed by atoms with Crippen LogP contribution in [-0.4, -0.2) is 8.75 Å². The van der Waals surface area contributed by atoms with E-state index in [2.05, 4.69) is 41.7 Å². The van der Waals surface area contributed by atoms with Crippen LogP contribution in [0.3, 0.4) is 0 Å². The lowest BCUT2D eigenvalue weighted by molar-refractivity contribution is 0.944. The maximum absolute atomic E-state index is 4.30. The van der Waals surface area contributed by atoms with Gasteiger partial charge in [-0.2, -0.15) is 8.75 Å². The lowest BCUT2D eigenvalue weighted by Crippen LogP contribution is -1.85. The van der Waals surface area contributed by atoms with Gasteiger partial charge in [-0.1, -0.05) is 19.1 Å². The predicted molar refractivity (Wildman–Crippen MR) is 56.4 cm³/mol. The Morgan fingerprint density at radius 2 is 1.54 bits per heavy atom. The first-order valence-electron chi connectivity index (χ1n) is 4.38. The van der Waals surface area contributed by atoms with Crippen LogP contribution in [0, 0.1) is 5.92 Å². The molecular formula is C10H12N2S. The third-order valence-electron chi connectivity index (χ3n) is 2.26. The van der Waals surface area contributed by atoms with Crippen LogP contribution in [0.5, 0.6) is 0 Å². The van der Waals surface area contributed by atoms with Crippen LogP contribution in [0.1, 0.15) is 32.2 Å². The van der Waals surface area contributed by atoms with Crippen molar-refractivity contribution >= 4 is 22.9 Å². The molecule has 2 rings (SSSR count).